The summed E-state index contributed by atoms with van der Waals surface area (Å²) >= 11 is 0. The van der Waals surface area contributed by atoms with Gasteiger partial charge in [-0.2, -0.15) is 0 Å². The number of rotatable bonds is 0. The van der Waals surface area contributed by atoms with Gasteiger partial charge in [-0.05, 0) is 37.0 Å². The molecular weight excluding hydrogens is 193 g/mol. The van der Waals surface area contributed by atoms with Gasteiger partial charge in [-0.3, -0.25) is 0 Å². The van der Waals surface area contributed by atoms with E-state index in [0.29, 0.717) is 18.4 Å². The molecule has 0 bridgehead atoms. The zero-order valence-corrected chi connectivity index (χ0v) is 8.62. The molecule has 82 valence electrons. The highest BCUT2D eigenvalue weighted by Gasteiger charge is 2.42. The fourth-order valence-corrected chi connectivity index (χ4v) is 3.22. The summed E-state index contributed by atoms with van der Waals surface area (Å²) in [7, 11) is 0. The molecule has 0 aromatic rings. The highest BCUT2D eigenvalue weighted by atomic mass is 19.1. The first-order chi connectivity index (χ1) is 7.25. The maximum absolute atomic E-state index is 13.1. The van der Waals surface area contributed by atoms with E-state index < -0.39 is 6.10 Å². The molecule has 1 saturated carbocycles. The number of fused-ring (bicyclic) bond motifs is 2. The van der Waals surface area contributed by atoms with Crippen LogP contribution in [0.1, 0.15) is 25.7 Å². The summed E-state index contributed by atoms with van der Waals surface area (Å²) in [6.07, 6.45) is 6.76. The Morgan fingerprint density at radius 2 is 2.27 bits per heavy atom. The van der Waals surface area contributed by atoms with Gasteiger partial charge in [0.2, 0.25) is 0 Å². The Kier molecular flexibility index (Phi) is 2.18. The lowest BCUT2D eigenvalue weighted by Crippen LogP contribution is -2.53. The van der Waals surface area contributed by atoms with Gasteiger partial charge in [-0.25, -0.2) is 4.39 Å². The average molecular weight is 209 g/mol. The molecule has 1 heterocycles. The van der Waals surface area contributed by atoms with Crippen molar-refractivity contribution in [3.8, 4) is 0 Å². The second-order valence-electron chi connectivity index (χ2n) is 4.83. The fourth-order valence-electron chi connectivity index (χ4n) is 3.22. The highest BCUT2D eigenvalue weighted by Crippen LogP contribution is 2.38. The minimum absolute atomic E-state index is 0.166. The lowest BCUT2D eigenvalue weighted by atomic mass is 9.80. The lowest BCUT2D eigenvalue weighted by molar-refractivity contribution is 0.0921. The van der Waals surface area contributed by atoms with Crippen LogP contribution >= 0.6 is 0 Å². The normalized spacial score (nSPS) is 44.1. The largest absolute Gasteiger partial charge is 0.388 e. The molecule has 4 atom stereocenters. The van der Waals surface area contributed by atoms with E-state index in [4.69, 9.17) is 0 Å². The molecule has 1 saturated heterocycles. The van der Waals surface area contributed by atoms with E-state index in [0.717, 1.165) is 18.4 Å². The van der Waals surface area contributed by atoms with Crippen molar-refractivity contribution in [3.05, 3.63) is 23.6 Å². The molecule has 3 heteroatoms. The first-order valence-electron chi connectivity index (χ1n) is 5.77. The second kappa shape index (κ2) is 3.42. The van der Waals surface area contributed by atoms with E-state index in [1.807, 2.05) is 0 Å². The third-order valence-electron chi connectivity index (χ3n) is 3.99. The van der Waals surface area contributed by atoms with E-state index in [-0.39, 0.29) is 11.9 Å². The maximum Gasteiger partial charge on any atom is 0.119 e. The Morgan fingerprint density at radius 3 is 3.13 bits per heavy atom. The van der Waals surface area contributed by atoms with Crippen molar-refractivity contribution in [2.45, 2.75) is 43.9 Å². The Bertz CT molecular complexity index is 337. The summed E-state index contributed by atoms with van der Waals surface area (Å²) in [5.41, 5.74) is 0.859. The minimum Gasteiger partial charge on any atom is -0.388 e. The molecule has 2 nitrogen and oxygen atoms in total. The monoisotopic (exact) mass is 209 g/mol. The molecule has 3 unspecified atom stereocenters. The van der Waals surface area contributed by atoms with Gasteiger partial charge >= 0.3 is 0 Å². The highest BCUT2D eigenvalue weighted by molar-refractivity contribution is 5.33. The van der Waals surface area contributed by atoms with Gasteiger partial charge in [0.15, 0.2) is 0 Å². The summed E-state index contributed by atoms with van der Waals surface area (Å²) < 4.78 is 13.1. The van der Waals surface area contributed by atoms with Crippen LogP contribution in [0.25, 0.3) is 0 Å². The smallest absolute Gasteiger partial charge is 0.119 e. The van der Waals surface area contributed by atoms with Crippen LogP contribution in [0.3, 0.4) is 0 Å². The SMILES string of the molecule is OC1C2=CC(F)=CCC2NC2CCC[C@H]21. The summed E-state index contributed by atoms with van der Waals surface area (Å²) in [5, 5.41) is 13.7. The lowest BCUT2D eigenvalue weighted by Gasteiger charge is -2.40. The van der Waals surface area contributed by atoms with E-state index in [2.05, 4.69) is 5.32 Å². The van der Waals surface area contributed by atoms with Crippen molar-refractivity contribution in [2.75, 3.05) is 0 Å². The van der Waals surface area contributed by atoms with Crippen molar-refractivity contribution in [2.24, 2.45) is 5.92 Å². The van der Waals surface area contributed by atoms with Gasteiger partial charge in [-0.15, -0.1) is 0 Å². The van der Waals surface area contributed by atoms with Crippen LogP contribution in [-0.2, 0) is 0 Å². The summed E-state index contributed by atoms with van der Waals surface area (Å²) in [6, 6.07) is 0.607. The van der Waals surface area contributed by atoms with Crippen molar-refractivity contribution in [3.63, 3.8) is 0 Å². The van der Waals surface area contributed by atoms with Crippen LogP contribution in [0.2, 0.25) is 0 Å². The third kappa shape index (κ3) is 1.45. The van der Waals surface area contributed by atoms with E-state index in [9.17, 15) is 9.50 Å². The van der Waals surface area contributed by atoms with Gasteiger partial charge in [0.05, 0.1) is 6.10 Å². The molecular formula is C12H16FNO. The van der Waals surface area contributed by atoms with Gasteiger partial charge in [0.1, 0.15) is 5.83 Å². The fraction of sp³-hybridized carbons (Fsp3) is 0.667. The number of hydrogen-bond acceptors (Lipinski definition) is 2. The van der Waals surface area contributed by atoms with Gasteiger partial charge < -0.3 is 10.4 Å². The molecule has 3 aliphatic rings. The van der Waals surface area contributed by atoms with Crippen LogP contribution in [0, 0.1) is 5.92 Å². The van der Waals surface area contributed by atoms with Crippen molar-refractivity contribution >= 4 is 0 Å². The molecule has 3 rings (SSSR count). The Hall–Kier alpha value is -0.670. The van der Waals surface area contributed by atoms with Crippen LogP contribution in [0.15, 0.2) is 23.6 Å². The Labute approximate surface area is 88.9 Å². The number of piperidine rings is 1. The molecule has 0 aromatic carbocycles. The standard InChI is InChI=1S/C12H16FNO/c13-7-4-5-11-9(6-7)12(15)8-2-1-3-10(8)14-11/h4,6,8,10-12,14-15H,1-3,5H2/t8-,10?,11?,12?/m1/s1. The number of hydrogen-bond donors (Lipinski definition) is 2. The molecule has 2 N–H and O–H groups in total. The summed E-state index contributed by atoms with van der Waals surface area (Å²) in [5.74, 6) is 0.108. The first-order valence-corrected chi connectivity index (χ1v) is 5.77. The van der Waals surface area contributed by atoms with E-state index >= 15 is 0 Å². The van der Waals surface area contributed by atoms with Gasteiger partial charge in [-0.1, -0.05) is 6.42 Å². The van der Waals surface area contributed by atoms with Crippen molar-refractivity contribution in [1.29, 1.82) is 0 Å². The molecule has 0 spiro atoms. The molecule has 0 aromatic heterocycles. The minimum atomic E-state index is -0.428. The molecule has 1 aliphatic heterocycles. The number of aliphatic hydroxyl groups excluding tert-OH is 1. The molecule has 15 heavy (non-hydrogen) atoms. The Balaban J connectivity index is 1.91. The topological polar surface area (TPSA) is 32.3 Å². The zero-order valence-electron chi connectivity index (χ0n) is 8.62. The quantitative estimate of drug-likeness (QED) is 0.636. The van der Waals surface area contributed by atoms with Crippen LogP contribution < -0.4 is 5.32 Å². The number of allylic oxidation sites excluding steroid dienone is 2. The molecule has 0 amide bonds. The molecule has 0 radical (unpaired) electrons. The second-order valence-corrected chi connectivity index (χ2v) is 4.83. The van der Waals surface area contributed by atoms with Gasteiger partial charge in [0.25, 0.3) is 0 Å². The zero-order chi connectivity index (χ0) is 10.4. The molecule has 2 aliphatic carbocycles. The average Bonchev–Trinajstić information content (AvgIpc) is 2.68. The number of aliphatic hydroxyl groups is 1. The van der Waals surface area contributed by atoms with E-state index in [1.165, 1.54) is 12.5 Å². The Morgan fingerprint density at radius 1 is 1.40 bits per heavy atom. The van der Waals surface area contributed by atoms with E-state index in [1.54, 1.807) is 6.08 Å². The van der Waals surface area contributed by atoms with Crippen LogP contribution in [0.4, 0.5) is 4.39 Å². The molecule has 2 fully saturated rings. The van der Waals surface area contributed by atoms with Gasteiger partial charge in [0, 0.05) is 18.0 Å². The first kappa shape index (κ1) is 9.55. The summed E-state index contributed by atoms with van der Waals surface area (Å²) in [4.78, 5) is 0. The van der Waals surface area contributed by atoms with Crippen LogP contribution in [0.5, 0.6) is 0 Å². The van der Waals surface area contributed by atoms with Crippen molar-refractivity contribution in [1.82, 2.24) is 5.32 Å². The third-order valence-corrected chi connectivity index (χ3v) is 3.99. The van der Waals surface area contributed by atoms with Crippen molar-refractivity contribution < 1.29 is 9.50 Å². The number of nitrogens with one attached hydrogen (secondary N) is 1. The summed E-state index contributed by atoms with van der Waals surface area (Å²) in [6.45, 7) is 0. The predicted molar refractivity (Wildman–Crippen MR) is 56.0 cm³/mol. The predicted octanol–water partition coefficient (Wildman–Crippen LogP) is 1.67. The maximum atomic E-state index is 13.1. The number of halogens is 1. The van der Waals surface area contributed by atoms with Crippen LogP contribution in [-0.4, -0.2) is 23.3 Å².